The topological polar surface area (TPSA) is 31.5 Å². The first-order valence-electron chi connectivity index (χ1n) is 21.5. The average Bonchev–Trinajstić information content (AvgIpc) is 3.78. The van der Waals surface area contributed by atoms with Crippen LogP contribution < -0.4 is 21.1 Å². The zero-order chi connectivity index (χ0) is 41.2. The molecule has 0 amide bonds. The SMILES string of the molecule is CC(C)(C)c1ccc2c(c1)B1c3c(cc(-c4cccc5nc6c7ccccc7c7ccccc7n6c45)cc3-n3c4ccc(C(C)(C)C)cc4c4cc(C(C)(C)C)cc1c43)O2. The van der Waals surface area contributed by atoms with Crippen molar-refractivity contribution < 1.29 is 4.74 Å². The fourth-order valence-corrected chi connectivity index (χ4v) is 10.4. The fraction of sp³-hybridized carbons (Fsp3) is 0.218. The first-order chi connectivity index (χ1) is 28.6. The Hall–Kier alpha value is -6.33. The van der Waals surface area contributed by atoms with Gasteiger partial charge in [0.25, 0.3) is 6.71 Å². The average molecular weight is 778 g/mol. The van der Waals surface area contributed by atoms with E-state index in [1.165, 1.54) is 71.3 Å². The molecule has 60 heavy (non-hydrogen) atoms. The molecular weight excluding hydrogens is 729 g/mol. The smallest absolute Gasteiger partial charge is 0.256 e. The number of rotatable bonds is 1. The summed E-state index contributed by atoms with van der Waals surface area (Å²) in [7, 11) is 0. The number of hydrogen-bond acceptors (Lipinski definition) is 2. The lowest BCUT2D eigenvalue weighted by molar-refractivity contribution is 0.486. The molecule has 0 fully saturated rings. The Morgan fingerprint density at radius 2 is 1.17 bits per heavy atom. The molecule has 5 heterocycles. The minimum atomic E-state index is -0.0445. The molecule has 10 aromatic rings. The Morgan fingerprint density at radius 3 is 1.93 bits per heavy atom. The first kappa shape index (κ1) is 35.6. The van der Waals surface area contributed by atoms with E-state index in [1.807, 2.05) is 0 Å². The van der Waals surface area contributed by atoms with Crippen molar-refractivity contribution in [1.29, 1.82) is 0 Å². The molecular formula is C55H48BN3O. The molecule has 0 bridgehead atoms. The second-order valence-electron chi connectivity index (χ2n) is 20.5. The van der Waals surface area contributed by atoms with E-state index >= 15 is 0 Å². The number of aromatic nitrogens is 3. The van der Waals surface area contributed by atoms with Gasteiger partial charge in [-0.2, -0.15) is 0 Å². The molecule has 0 unspecified atom stereocenters. The van der Waals surface area contributed by atoms with Gasteiger partial charge >= 0.3 is 0 Å². The molecule has 12 rings (SSSR count). The molecule has 5 heteroatoms. The summed E-state index contributed by atoms with van der Waals surface area (Å²) in [6.07, 6.45) is 0. The number of fused-ring (bicyclic) bond motifs is 15. The highest BCUT2D eigenvalue weighted by atomic mass is 16.5. The summed E-state index contributed by atoms with van der Waals surface area (Å²) in [5, 5.41) is 6.20. The molecule has 0 saturated carbocycles. The predicted octanol–water partition coefficient (Wildman–Crippen LogP) is 12.4. The lowest BCUT2D eigenvalue weighted by Crippen LogP contribution is -2.58. The Bertz CT molecular complexity index is 3530. The number of imidazole rings is 1. The largest absolute Gasteiger partial charge is 0.458 e. The standard InChI is InChI=1S/C55H48BN3O/c1-53(2,3)32-21-23-45-39(27-32)40-28-34(55(7,8)9)30-42-50(40)58(45)46-25-31(26-48-49(46)56(42)41-29-33(54(4,5)6)22-24-47(41)60-48)35-18-14-19-43-51(35)59-44-20-13-12-16-37(44)36-15-10-11-17-38(36)52(59)57-43/h10-30H,1-9H3. The summed E-state index contributed by atoms with van der Waals surface area (Å²) in [6.45, 7) is 20.9. The molecule has 4 nitrogen and oxygen atoms in total. The highest BCUT2D eigenvalue weighted by Crippen LogP contribution is 2.44. The molecule has 3 aromatic heterocycles. The van der Waals surface area contributed by atoms with Gasteiger partial charge in [-0.3, -0.25) is 4.40 Å². The van der Waals surface area contributed by atoms with Gasteiger partial charge < -0.3 is 9.30 Å². The summed E-state index contributed by atoms with van der Waals surface area (Å²) in [5.41, 5.74) is 17.9. The van der Waals surface area contributed by atoms with Crippen molar-refractivity contribution in [3.05, 3.63) is 144 Å². The van der Waals surface area contributed by atoms with Gasteiger partial charge in [-0.15, -0.1) is 0 Å². The van der Waals surface area contributed by atoms with Crippen LogP contribution in [0.1, 0.15) is 79.0 Å². The fourth-order valence-electron chi connectivity index (χ4n) is 10.4. The van der Waals surface area contributed by atoms with E-state index in [1.54, 1.807) is 0 Å². The van der Waals surface area contributed by atoms with Crippen molar-refractivity contribution in [2.75, 3.05) is 0 Å². The van der Waals surface area contributed by atoms with Crippen LogP contribution in [0.3, 0.4) is 0 Å². The molecule has 0 saturated heterocycles. The van der Waals surface area contributed by atoms with E-state index in [0.29, 0.717) is 0 Å². The Morgan fingerprint density at radius 1 is 0.500 bits per heavy atom. The molecule has 2 aliphatic rings. The van der Waals surface area contributed by atoms with Crippen LogP contribution >= 0.6 is 0 Å². The van der Waals surface area contributed by atoms with Crippen molar-refractivity contribution in [3.8, 4) is 28.3 Å². The van der Waals surface area contributed by atoms with Crippen LogP contribution in [0.2, 0.25) is 0 Å². The van der Waals surface area contributed by atoms with Crippen LogP contribution in [0.15, 0.2) is 127 Å². The number of pyridine rings is 1. The molecule has 7 aromatic carbocycles. The molecule has 0 spiro atoms. The zero-order valence-electron chi connectivity index (χ0n) is 36.0. The Balaban J connectivity index is 1.23. The van der Waals surface area contributed by atoms with Gasteiger partial charge in [-0.1, -0.05) is 141 Å². The summed E-state index contributed by atoms with van der Waals surface area (Å²) < 4.78 is 12.1. The van der Waals surface area contributed by atoms with Gasteiger partial charge in [-0.05, 0) is 109 Å². The number of para-hydroxylation sites is 2. The molecule has 2 aliphatic heterocycles. The van der Waals surface area contributed by atoms with Gasteiger partial charge in [0.1, 0.15) is 17.1 Å². The van der Waals surface area contributed by atoms with E-state index in [0.717, 1.165) is 50.2 Å². The number of benzene rings is 7. The van der Waals surface area contributed by atoms with Crippen LogP contribution in [0.25, 0.3) is 77.0 Å². The second-order valence-corrected chi connectivity index (χ2v) is 20.5. The second kappa shape index (κ2) is 11.7. The molecule has 0 radical (unpaired) electrons. The number of nitrogens with zero attached hydrogens (tertiary/aromatic N) is 3. The summed E-state index contributed by atoms with van der Waals surface area (Å²) in [4.78, 5) is 5.37. The third kappa shape index (κ3) is 4.83. The summed E-state index contributed by atoms with van der Waals surface area (Å²) in [6, 6.07) is 47.9. The normalized spacial score (nSPS) is 13.8. The van der Waals surface area contributed by atoms with Crippen molar-refractivity contribution in [1.82, 2.24) is 14.0 Å². The lowest BCUT2D eigenvalue weighted by Gasteiger charge is -2.35. The van der Waals surface area contributed by atoms with Crippen molar-refractivity contribution in [2.24, 2.45) is 0 Å². The Labute approximate surface area is 351 Å². The predicted molar refractivity (Wildman–Crippen MR) is 255 cm³/mol. The maximum atomic E-state index is 7.19. The third-order valence-corrected chi connectivity index (χ3v) is 13.6. The van der Waals surface area contributed by atoms with Crippen LogP contribution in [0, 0.1) is 0 Å². The molecule has 0 atom stereocenters. The highest BCUT2D eigenvalue weighted by molar-refractivity contribution is 6.99. The van der Waals surface area contributed by atoms with Crippen LogP contribution in [-0.2, 0) is 16.2 Å². The number of hydrogen-bond donors (Lipinski definition) is 0. The maximum absolute atomic E-state index is 7.19. The first-order valence-corrected chi connectivity index (χ1v) is 21.5. The van der Waals surface area contributed by atoms with E-state index in [4.69, 9.17) is 9.72 Å². The summed E-state index contributed by atoms with van der Waals surface area (Å²) >= 11 is 0. The van der Waals surface area contributed by atoms with Gasteiger partial charge in [0, 0.05) is 38.3 Å². The maximum Gasteiger partial charge on any atom is 0.256 e. The molecule has 292 valence electrons. The van der Waals surface area contributed by atoms with Gasteiger partial charge in [-0.25, -0.2) is 4.98 Å². The lowest BCUT2D eigenvalue weighted by atomic mass is 9.34. The summed E-state index contributed by atoms with van der Waals surface area (Å²) in [5.74, 6) is 1.85. The van der Waals surface area contributed by atoms with Crippen LogP contribution in [0.4, 0.5) is 0 Å². The van der Waals surface area contributed by atoms with Gasteiger partial charge in [0.05, 0.1) is 22.1 Å². The van der Waals surface area contributed by atoms with Crippen molar-refractivity contribution >= 4 is 83.3 Å². The van der Waals surface area contributed by atoms with Crippen LogP contribution in [-0.4, -0.2) is 20.7 Å². The van der Waals surface area contributed by atoms with Gasteiger partial charge in [0.15, 0.2) is 0 Å². The third-order valence-electron chi connectivity index (χ3n) is 13.6. The van der Waals surface area contributed by atoms with E-state index in [2.05, 4.69) is 199 Å². The van der Waals surface area contributed by atoms with Crippen molar-refractivity contribution in [2.45, 2.75) is 78.6 Å². The highest BCUT2D eigenvalue weighted by Gasteiger charge is 2.42. The monoisotopic (exact) mass is 777 g/mol. The Kier molecular flexibility index (Phi) is 6.94. The molecule has 0 N–H and O–H groups in total. The van der Waals surface area contributed by atoms with E-state index < -0.39 is 0 Å². The minimum Gasteiger partial charge on any atom is -0.458 e. The van der Waals surface area contributed by atoms with Crippen LogP contribution in [0.5, 0.6) is 11.5 Å². The quantitative estimate of drug-likeness (QED) is 0.123. The zero-order valence-corrected chi connectivity index (χ0v) is 36.0. The van der Waals surface area contributed by atoms with Gasteiger partial charge in [0.2, 0.25) is 0 Å². The number of ether oxygens (including phenoxy) is 1. The molecule has 0 aliphatic carbocycles. The minimum absolute atomic E-state index is 0.000645. The van der Waals surface area contributed by atoms with E-state index in [-0.39, 0.29) is 23.0 Å². The van der Waals surface area contributed by atoms with E-state index in [9.17, 15) is 0 Å². The van der Waals surface area contributed by atoms with Crippen molar-refractivity contribution in [3.63, 3.8) is 0 Å².